The average Bonchev–Trinajstić information content (AvgIpc) is 2.45. The van der Waals surface area contributed by atoms with E-state index in [-0.39, 0.29) is 5.82 Å². The van der Waals surface area contributed by atoms with E-state index in [9.17, 15) is 9.50 Å². The van der Waals surface area contributed by atoms with Crippen LogP contribution in [0.3, 0.4) is 0 Å². The maximum absolute atomic E-state index is 14.1. The summed E-state index contributed by atoms with van der Waals surface area (Å²) in [5, 5.41) is 12.5. The van der Waals surface area contributed by atoms with E-state index in [1.54, 1.807) is 6.07 Å². The van der Waals surface area contributed by atoms with Crippen LogP contribution in [0.1, 0.15) is 13.3 Å². The lowest BCUT2D eigenvalue weighted by Crippen LogP contribution is -2.36. The molecule has 1 unspecified atom stereocenters. The van der Waals surface area contributed by atoms with Crippen LogP contribution >= 0.6 is 0 Å². The summed E-state index contributed by atoms with van der Waals surface area (Å²) in [6, 6.07) is 5.10. The van der Waals surface area contributed by atoms with Gasteiger partial charge in [-0.15, -0.1) is 0 Å². The molecule has 19 heavy (non-hydrogen) atoms. The number of anilines is 2. The zero-order valence-corrected chi connectivity index (χ0v) is 11.2. The van der Waals surface area contributed by atoms with Crippen molar-refractivity contribution in [3.05, 3.63) is 24.0 Å². The van der Waals surface area contributed by atoms with Gasteiger partial charge >= 0.3 is 0 Å². The molecule has 0 spiro atoms. The highest BCUT2D eigenvalue weighted by Crippen LogP contribution is 2.23. The van der Waals surface area contributed by atoms with Crippen LogP contribution in [0.5, 0.6) is 0 Å². The van der Waals surface area contributed by atoms with Crippen molar-refractivity contribution in [3.63, 3.8) is 0 Å². The van der Waals surface area contributed by atoms with Gasteiger partial charge in [0.15, 0.2) is 0 Å². The molecule has 1 saturated heterocycles. The molecule has 5 heteroatoms. The highest BCUT2D eigenvalue weighted by atomic mass is 19.1. The SMILES string of the molecule is CCC(O)CNc1ccc(N2CCOCC2)c(F)c1. The Kier molecular flexibility index (Phi) is 4.99. The molecule has 4 nitrogen and oxygen atoms in total. The maximum atomic E-state index is 14.1. The van der Waals surface area contributed by atoms with Gasteiger partial charge < -0.3 is 20.1 Å². The van der Waals surface area contributed by atoms with Crippen molar-refractivity contribution in [1.29, 1.82) is 0 Å². The van der Waals surface area contributed by atoms with E-state index in [0.29, 0.717) is 37.6 Å². The van der Waals surface area contributed by atoms with Gasteiger partial charge in [0.2, 0.25) is 0 Å². The number of halogens is 1. The third kappa shape index (κ3) is 3.81. The van der Waals surface area contributed by atoms with Crippen molar-refractivity contribution in [2.75, 3.05) is 43.1 Å². The first-order valence-electron chi connectivity index (χ1n) is 6.75. The van der Waals surface area contributed by atoms with Gasteiger partial charge in [0.25, 0.3) is 0 Å². The molecule has 0 amide bonds. The lowest BCUT2D eigenvalue weighted by atomic mass is 10.2. The largest absolute Gasteiger partial charge is 0.391 e. The van der Waals surface area contributed by atoms with Crippen LogP contribution in [0.4, 0.5) is 15.8 Å². The minimum atomic E-state index is -0.401. The number of hydrogen-bond acceptors (Lipinski definition) is 4. The molecule has 1 aromatic rings. The van der Waals surface area contributed by atoms with Crippen molar-refractivity contribution in [2.24, 2.45) is 0 Å². The first kappa shape index (κ1) is 14.1. The molecule has 0 aromatic heterocycles. The van der Waals surface area contributed by atoms with E-state index >= 15 is 0 Å². The average molecular weight is 268 g/mol. The molecule has 1 fully saturated rings. The lowest BCUT2D eigenvalue weighted by molar-refractivity contribution is 0.122. The number of aliphatic hydroxyl groups excluding tert-OH is 1. The predicted molar refractivity (Wildman–Crippen MR) is 74.2 cm³/mol. The van der Waals surface area contributed by atoms with Gasteiger partial charge in [-0.05, 0) is 24.6 Å². The maximum Gasteiger partial charge on any atom is 0.148 e. The molecule has 1 aromatic carbocycles. The minimum absolute atomic E-state index is 0.238. The Balaban J connectivity index is 2.00. The van der Waals surface area contributed by atoms with Crippen LogP contribution < -0.4 is 10.2 Å². The summed E-state index contributed by atoms with van der Waals surface area (Å²) in [6.45, 7) is 5.07. The van der Waals surface area contributed by atoms with E-state index in [4.69, 9.17) is 4.74 Å². The Hall–Kier alpha value is -1.33. The number of nitrogens with one attached hydrogen (secondary N) is 1. The topological polar surface area (TPSA) is 44.7 Å². The second kappa shape index (κ2) is 6.73. The van der Waals surface area contributed by atoms with E-state index in [0.717, 1.165) is 13.1 Å². The Labute approximate surface area is 113 Å². The number of morpholine rings is 1. The minimum Gasteiger partial charge on any atom is -0.391 e. The Morgan fingerprint density at radius 2 is 2.16 bits per heavy atom. The summed E-state index contributed by atoms with van der Waals surface area (Å²) in [4.78, 5) is 1.99. The fraction of sp³-hybridized carbons (Fsp3) is 0.571. The van der Waals surface area contributed by atoms with Crippen molar-refractivity contribution < 1.29 is 14.2 Å². The van der Waals surface area contributed by atoms with Crippen molar-refractivity contribution >= 4 is 11.4 Å². The Bertz CT molecular complexity index is 408. The lowest BCUT2D eigenvalue weighted by Gasteiger charge is -2.29. The molecule has 1 aliphatic heterocycles. The molecule has 1 atom stereocenters. The summed E-state index contributed by atoms with van der Waals surface area (Å²) in [5.41, 5.74) is 1.31. The summed E-state index contributed by atoms with van der Waals surface area (Å²) in [6.07, 6.45) is 0.281. The van der Waals surface area contributed by atoms with Crippen LogP contribution in [-0.4, -0.2) is 44.1 Å². The fourth-order valence-corrected chi connectivity index (χ4v) is 2.06. The smallest absolute Gasteiger partial charge is 0.148 e. The van der Waals surface area contributed by atoms with Crippen molar-refractivity contribution in [2.45, 2.75) is 19.4 Å². The summed E-state index contributed by atoms with van der Waals surface area (Å²) in [5.74, 6) is -0.238. The molecule has 0 bridgehead atoms. The van der Waals surface area contributed by atoms with Crippen LogP contribution in [0, 0.1) is 5.82 Å². The standard InChI is InChI=1S/C14H21FN2O2/c1-2-12(18)10-16-11-3-4-14(13(15)9-11)17-5-7-19-8-6-17/h3-4,9,12,16,18H,2,5-8,10H2,1H3. The second-order valence-electron chi connectivity index (χ2n) is 4.71. The molecular formula is C14H21FN2O2. The fourth-order valence-electron chi connectivity index (χ4n) is 2.06. The molecular weight excluding hydrogens is 247 g/mol. The van der Waals surface area contributed by atoms with Gasteiger partial charge in [-0.25, -0.2) is 4.39 Å². The van der Waals surface area contributed by atoms with Gasteiger partial charge in [-0.1, -0.05) is 6.92 Å². The van der Waals surface area contributed by atoms with Crippen molar-refractivity contribution in [1.82, 2.24) is 0 Å². The Morgan fingerprint density at radius 3 is 2.79 bits per heavy atom. The molecule has 2 rings (SSSR count). The molecule has 1 aliphatic rings. The normalized spacial score (nSPS) is 17.3. The quantitative estimate of drug-likeness (QED) is 0.855. The van der Waals surface area contributed by atoms with Crippen LogP contribution in [-0.2, 0) is 4.74 Å². The molecule has 0 radical (unpaired) electrons. The number of hydrogen-bond donors (Lipinski definition) is 2. The second-order valence-corrected chi connectivity index (χ2v) is 4.71. The number of rotatable bonds is 5. The van der Waals surface area contributed by atoms with E-state index in [1.807, 2.05) is 17.9 Å². The van der Waals surface area contributed by atoms with Crippen molar-refractivity contribution in [3.8, 4) is 0 Å². The first-order chi connectivity index (χ1) is 9.20. The van der Waals surface area contributed by atoms with Crippen LogP contribution in [0.15, 0.2) is 18.2 Å². The zero-order chi connectivity index (χ0) is 13.7. The van der Waals surface area contributed by atoms with Gasteiger partial charge in [-0.2, -0.15) is 0 Å². The van der Waals surface area contributed by atoms with Crippen LogP contribution in [0.25, 0.3) is 0 Å². The number of nitrogens with zero attached hydrogens (tertiary/aromatic N) is 1. The van der Waals surface area contributed by atoms with E-state index in [2.05, 4.69) is 5.32 Å². The van der Waals surface area contributed by atoms with Gasteiger partial charge in [-0.3, -0.25) is 0 Å². The number of benzene rings is 1. The monoisotopic (exact) mass is 268 g/mol. The molecule has 1 heterocycles. The summed E-state index contributed by atoms with van der Waals surface area (Å²) in [7, 11) is 0. The van der Waals surface area contributed by atoms with Gasteiger partial charge in [0, 0.05) is 25.3 Å². The highest BCUT2D eigenvalue weighted by molar-refractivity contribution is 5.56. The molecule has 0 saturated carbocycles. The third-order valence-electron chi connectivity index (χ3n) is 3.31. The predicted octanol–water partition coefficient (Wildman–Crippen LogP) is 1.85. The third-order valence-corrected chi connectivity index (χ3v) is 3.31. The Morgan fingerprint density at radius 1 is 1.42 bits per heavy atom. The molecule has 106 valence electrons. The highest BCUT2D eigenvalue weighted by Gasteiger charge is 2.15. The molecule has 0 aliphatic carbocycles. The van der Waals surface area contributed by atoms with E-state index in [1.165, 1.54) is 6.07 Å². The van der Waals surface area contributed by atoms with Gasteiger partial charge in [0.1, 0.15) is 5.82 Å². The number of aliphatic hydroxyl groups is 1. The first-order valence-corrected chi connectivity index (χ1v) is 6.75. The van der Waals surface area contributed by atoms with Gasteiger partial charge in [0.05, 0.1) is 25.0 Å². The van der Waals surface area contributed by atoms with Crippen LogP contribution in [0.2, 0.25) is 0 Å². The number of ether oxygens (including phenoxy) is 1. The summed E-state index contributed by atoms with van der Waals surface area (Å²) < 4.78 is 19.3. The molecule has 2 N–H and O–H groups in total. The van der Waals surface area contributed by atoms with E-state index < -0.39 is 6.10 Å². The summed E-state index contributed by atoms with van der Waals surface area (Å²) >= 11 is 0. The zero-order valence-electron chi connectivity index (χ0n) is 11.2.